The summed E-state index contributed by atoms with van der Waals surface area (Å²) in [5, 5.41) is 10.5. The van der Waals surface area contributed by atoms with Crippen molar-refractivity contribution in [1.82, 2.24) is 4.90 Å². The fourth-order valence-corrected chi connectivity index (χ4v) is 2.27. The second kappa shape index (κ2) is 9.88. The maximum Gasteiger partial charge on any atom is 0.0942 e. The van der Waals surface area contributed by atoms with Crippen LogP contribution in [0.4, 0.5) is 0 Å². The first kappa shape index (κ1) is 17.1. The van der Waals surface area contributed by atoms with Gasteiger partial charge in [-0.2, -0.15) is 0 Å². The Morgan fingerprint density at radius 3 is 2.30 bits per heavy atom. The van der Waals surface area contributed by atoms with E-state index in [1.807, 2.05) is 30.3 Å². The summed E-state index contributed by atoms with van der Waals surface area (Å²) in [4.78, 5) is 2.25. The van der Waals surface area contributed by atoms with Gasteiger partial charge in [-0.05, 0) is 18.9 Å². The second-order valence-corrected chi connectivity index (χ2v) is 4.97. The van der Waals surface area contributed by atoms with Gasteiger partial charge >= 0.3 is 0 Å². The van der Waals surface area contributed by atoms with Gasteiger partial charge in [-0.3, -0.25) is 4.90 Å². The zero-order chi connectivity index (χ0) is 14.8. The Balaban J connectivity index is 2.62. The first-order valence-corrected chi connectivity index (χ1v) is 7.15. The molecule has 1 aromatic carbocycles. The molecule has 0 radical (unpaired) electrons. The van der Waals surface area contributed by atoms with E-state index in [2.05, 4.69) is 11.8 Å². The molecule has 0 aliphatic rings. The molecular weight excluding hydrogens is 254 g/mol. The van der Waals surface area contributed by atoms with E-state index in [0.29, 0.717) is 6.61 Å². The average molecular weight is 281 g/mol. The highest BCUT2D eigenvalue weighted by molar-refractivity contribution is 5.18. The number of nitrogens with zero attached hydrogens (tertiary/aromatic N) is 1. The molecule has 0 heterocycles. The van der Waals surface area contributed by atoms with E-state index in [4.69, 9.17) is 9.47 Å². The minimum absolute atomic E-state index is 0.0457. The largest absolute Gasteiger partial charge is 0.387 e. The van der Waals surface area contributed by atoms with Gasteiger partial charge in [0.1, 0.15) is 0 Å². The van der Waals surface area contributed by atoms with Crippen molar-refractivity contribution in [2.45, 2.75) is 25.5 Å². The van der Waals surface area contributed by atoms with Gasteiger partial charge < -0.3 is 14.6 Å². The molecule has 0 fully saturated rings. The molecule has 0 bridgehead atoms. The molecule has 1 N–H and O–H groups in total. The molecule has 4 nitrogen and oxygen atoms in total. The molecule has 4 heteroatoms. The van der Waals surface area contributed by atoms with Gasteiger partial charge in [-0.1, -0.05) is 30.3 Å². The standard InChI is InChI=1S/C16H27NO3/c1-14(16(18)15-8-5-4-6-9-15)17(11-13-20-3)10-7-12-19-2/h4-6,8-9,14,16,18H,7,10-13H2,1-3H3. The number of aliphatic hydroxyl groups excluding tert-OH is 1. The second-order valence-electron chi connectivity index (χ2n) is 4.97. The fraction of sp³-hybridized carbons (Fsp3) is 0.625. The Labute approximate surface area is 122 Å². The monoisotopic (exact) mass is 281 g/mol. The van der Waals surface area contributed by atoms with Crippen LogP contribution in [0, 0.1) is 0 Å². The van der Waals surface area contributed by atoms with Crippen LogP contribution in [0.15, 0.2) is 30.3 Å². The van der Waals surface area contributed by atoms with Crippen molar-refractivity contribution in [3.8, 4) is 0 Å². The molecule has 20 heavy (non-hydrogen) atoms. The SMILES string of the molecule is COCCCN(CCOC)C(C)C(O)c1ccccc1. The Bertz CT molecular complexity index is 345. The first-order chi connectivity index (χ1) is 9.70. The fourth-order valence-electron chi connectivity index (χ4n) is 2.27. The van der Waals surface area contributed by atoms with E-state index in [1.54, 1.807) is 14.2 Å². The zero-order valence-corrected chi connectivity index (χ0v) is 12.8. The van der Waals surface area contributed by atoms with Crippen LogP contribution in [0.5, 0.6) is 0 Å². The minimum Gasteiger partial charge on any atom is -0.387 e. The van der Waals surface area contributed by atoms with Gasteiger partial charge in [-0.25, -0.2) is 0 Å². The van der Waals surface area contributed by atoms with E-state index in [1.165, 1.54) is 0 Å². The maximum atomic E-state index is 10.5. The molecule has 0 aliphatic heterocycles. The molecule has 0 saturated heterocycles. The van der Waals surface area contributed by atoms with E-state index >= 15 is 0 Å². The summed E-state index contributed by atoms with van der Waals surface area (Å²) in [5.41, 5.74) is 0.953. The zero-order valence-electron chi connectivity index (χ0n) is 12.8. The predicted molar refractivity (Wildman–Crippen MR) is 80.8 cm³/mol. The molecule has 2 unspecified atom stereocenters. The highest BCUT2D eigenvalue weighted by Gasteiger charge is 2.22. The van der Waals surface area contributed by atoms with Crippen LogP contribution in [0.2, 0.25) is 0 Å². The number of methoxy groups -OCH3 is 2. The smallest absolute Gasteiger partial charge is 0.0942 e. The summed E-state index contributed by atoms with van der Waals surface area (Å²) < 4.78 is 10.3. The average Bonchev–Trinajstić information content (AvgIpc) is 2.50. The predicted octanol–water partition coefficient (Wildman–Crippen LogP) is 2.09. The van der Waals surface area contributed by atoms with Crippen molar-refractivity contribution in [3.05, 3.63) is 35.9 Å². The van der Waals surface area contributed by atoms with Crippen molar-refractivity contribution >= 4 is 0 Å². The molecule has 1 aromatic rings. The highest BCUT2D eigenvalue weighted by Crippen LogP contribution is 2.20. The molecule has 0 aromatic heterocycles. The third kappa shape index (κ3) is 5.59. The van der Waals surface area contributed by atoms with Gasteiger partial charge in [0.05, 0.1) is 12.7 Å². The number of hydrogen-bond acceptors (Lipinski definition) is 4. The number of aliphatic hydroxyl groups is 1. The molecule has 1 rings (SSSR count). The van der Waals surface area contributed by atoms with Crippen molar-refractivity contribution in [2.75, 3.05) is 40.5 Å². The Hall–Kier alpha value is -0.940. The van der Waals surface area contributed by atoms with Crippen LogP contribution in [0.1, 0.15) is 25.0 Å². The number of hydrogen-bond donors (Lipinski definition) is 1. The lowest BCUT2D eigenvalue weighted by atomic mass is 10.0. The van der Waals surface area contributed by atoms with Crippen molar-refractivity contribution in [2.24, 2.45) is 0 Å². The number of ether oxygens (including phenoxy) is 2. The highest BCUT2D eigenvalue weighted by atomic mass is 16.5. The lowest BCUT2D eigenvalue weighted by Gasteiger charge is -2.32. The Morgan fingerprint density at radius 1 is 1.05 bits per heavy atom. The molecule has 0 spiro atoms. The molecule has 0 aliphatic carbocycles. The van der Waals surface area contributed by atoms with Crippen LogP contribution in [0.25, 0.3) is 0 Å². The number of rotatable bonds is 10. The Kier molecular flexibility index (Phi) is 8.46. The lowest BCUT2D eigenvalue weighted by molar-refractivity contribution is 0.0367. The van der Waals surface area contributed by atoms with Crippen LogP contribution < -0.4 is 0 Å². The quantitative estimate of drug-likeness (QED) is 0.667. The minimum atomic E-state index is -0.490. The van der Waals surface area contributed by atoms with Gasteiger partial charge in [0.25, 0.3) is 0 Å². The topological polar surface area (TPSA) is 41.9 Å². The summed E-state index contributed by atoms with van der Waals surface area (Å²) in [6.07, 6.45) is 0.460. The molecule has 0 saturated carbocycles. The van der Waals surface area contributed by atoms with Crippen LogP contribution in [0.3, 0.4) is 0 Å². The number of benzene rings is 1. The summed E-state index contributed by atoms with van der Waals surface area (Å²) in [7, 11) is 3.41. The summed E-state index contributed by atoms with van der Waals surface area (Å²) in [5.74, 6) is 0. The summed E-state index contributed by atoms with van der Waals surface area (Å²) in [6, 6.07) is 9.84. The van der Waals surface area contributed by atoms with Gasteiger partial charge in [0, 0.05) is 40.0 Å². The van der Waals surface area contributed by atoms with Crippen molar-refractivity contribution in [1.29, 1.82) is 0 Å². The van der Waals surface area contributed by atoms with E-state index < -0.39 is 6.10 Å². The lowest BCUT2D eigenvalue weighted by Crippen LogP contribution is -2.40. The van der Waals surface area contributed by atoms with E-state index in [0.717, 1.165) is 31.7 Å². The van der Waals surface area contributed by atoms with Crippen molar-refractivity contribution in [3.63, 3.8) is 0 Å². The molecule has 2 atom stereocenters. The van der Waals surface area contributed by atoms with Crippen molar-refractivity contribution < 1.29 is 14.6 Å². The van der Waals surface area contributed by atoms with Crippen LogP contribution in [-0.4, -0.2) is 56.6 Å². The van der Waals surface area contributed by atoms with Gasteiger partial charge in [-0.15, -0.1) is 0 Å². The maximum absolute atomic E-state index is 10.5. The van der Waals surface area contributed by atoms with Gasteiger partial charge in [0.15, 0.2) is 0 Å². The third-order valence-electron chi connectivity index (χ3n) is 3.55. The molecular formula is C16H27NO3. The third-order valence-corrected chi connectivity index (χ3v) is 3.55. The Morgan fingerprint density at radius 2 is 1.70 bits per heavy atom. The molecule has 114 valence electrons. The van der Waals surface area contributed by atoms with E-state index in [9.17, 15) is 5.11 Å². The molecule has 0 amide bonds. The van der Waals surface area contributed by atoms with Gasteiger partial charge in [0.2, 0.25) is 0 Å². The first-order valence-electron chi connectivity index (χ1n) is 7.15. The van der Waals surface area contributed by atoms with Crippen LogP contribution in [-0.2, 0) is 9.47 Å². The summed E-state index contributed by atoms with van der Waals surface area (Å²) >= 11 is 0. The van der Waals surface area contributed by atoms with E-state index in [-0.39, 0.29) is 6.04 Å². The van der Waals surface area contributed by atoms with Crippen LogP contribution >= 0.6 is 0 Å². The summed E-state index contributed by atoms with van der Waals surface area (Å²) in [6.45, 7) is 5.16. The normalized spacial score (nSPS) is 14.4.